The van der Waals surface area contributed by atoms with Crippen LogP contribution in [-0.4, -0.2) is 56.0 Å². The Morgan fingerprint density at radius 1 is 0.903 bits per heavy atom. The van der Waals surface area contributed by atoms with E-state index in [2.05, 4.69) is 14.9 Å². The lowest BCUT2D eigenvalue weighted by Gasteiger charge is -2.34. The summed E-state index contributed by atoms with van der Waals surface area (Å²) in [7, 11) is -2.02. The van der Waals surface area contributed by atoms with Gasteiger partial charge in [-0.15, -0.1) is 0 Å². The van der Waals surface area contributed by atoms with Crippen LogP contribution in [0.2, 0.25) is 10.0 Å². The van der Waals surface area contributed by atoms with Crippen LogP contribution in [0.3, 0.4) is 0 Å². The summed E-state index contributed by atoms with van der Waals surface area (Å²) in [5, 5.41) is 0.537. The van der Waals surface area contributed by atoms with E-state index in [0.29, 0.717) is 31.2 Å². The molecule has 0 saturated carbocycles. The van der Waals surface area contributed by atoms with Gasteiger partial charge in [0, 0.05) is 37.8 Å². The second kappa shape index (κ2) is 9.00. The SMILES string of the molecule is COc1ccc(-c2cc(N3CCN(S(=O)(=O)c4ccc(Cl)c(Cl)c4)CC3)ncn2)cc1. The summed E-state index contributed by atoms with van der Waals surface area (Å²) >= 11 is 11.9. The highest BCUT2D eigenvalue weighted by Crippen LogP contribution is 2.28. The average Bonchev–Trinajstić information content (AvgIpc) is 2.81. The molecule has 0 aliphatic carbocycles. The van der Waals surface area contributed by atoms with E-state index in [-0.39, 0.29) is 9.92 Å². The van der Waals surface area contributed by atoms with Gasteiger partial charge >= 0.3 is 0 Å². The standard InChI is InChI=1S/C21H20Cl2N4O3S/c1-30-16-4-2-15(3-5-16)20-13-21(25-14-24-20)26-8-10-27(11-9-26)31(28,29)17-6-7-18(22)19(23)12-17/h2-7,12-14H,8-11H2,1H3. The molecule has 0 spiro atoms. The minimum atomic E-state index is -3.65. The summed E-state index contributed by atoms with van der Waals surface area (Å²) in [6.07, 6.45) is 1.52. The quantitative estimate of drug-likeness (QED) is 0.552. The topological polar surface area (TPSA) is 75.6 Å². The molecule has 0 atom stereocenters. The van der Waals surface area contributed by atoms with Crippen LogP contribution in [0.5, 0.6) is 5.75 Å². The van der Waals surface area contributed by atoms with Crippen molar-refractivity contribution in [1.82, 2.24) is 14.3 Å². The van der Waals surface area contributed by atoms with E-state index in [0.717, 1.165) is 22.8 Å². The molecule has 162 valence electrons. The minimum absolute atomic E-state index is 0.138. The molecule has 1 aliphatic heterocycles. The highest BCUT2D eigenvalue weighted by Gasteiger charge is 2.29. The van der Waals surface area contributed by atoms with Crippen molar-refractivity contribution in [2.75, 3.05) is 38.2 Å². The number of halogens is 2. The maximum Gasteiger partial charge on any atom is 0.243 e. The van der Waals surface area contributed by atoms with Crippen LogP contribution in [0.1, 0.15) is 0 Å². The molecule has 0 unspecified atom stereocenters. The maximum atomic E-state index is 13.0. The molecule has 7 nitrogen and oxygen atoms in total. The van der Waals surface area contributed by atoms with Crippen LogP contribution in [-0.2, 0) is 10.0 Å². The fourth-order valence-corrected chi connectivity index (χ4v) is 5.20. The van der Waals surface area contributed by atoms with Gasteiger partial charge in [-0.25, -0.2) is 18.4 Å². The number of piperazine rings is 1. The Hall–Kier alpha value is -2.39. The molecule has 2 heterocycles. The Kier molecular flexibility index (Phi) is 6.34. The Balaban J connectivity index is 1.48. The van der Waals surface area contributed by atoms with Gasteiger partial charge in [0.05, 0.1) is 27.7 Å². The van der Waals surface area contributed by atoms with E-state index in [1.807, 2.05) is 30.3 Å². The summed E-state index contributed by atoms with van der Waals surface area (Å²) < 4.78 is 32.6. The molecular formula is C21H20Cl2N4O3S. The Morgan fingerprint density at radius 2 is 1.61 bits per heavy atom. The van der Waals surface area contributed by atoms with Crippen molar-refractivity contribution in [2.45, 2.75) is 4.90 Å². The lowest BCUT2D eigenvalue weighted by Crippen LogP contribution is -2.48. The van der Waals surface area contributed by atoms with Gasteiger partial charge in [0.1, 0.15) is 17.9 Å². The molecule has 0 bridgehead atoms. The molecule has 31 heavy (non-hydrogen) atoms. The second-order valence-electron chi connectivity index (χ2n) is 6.96. The predicted molar refractivity (Wildman–Crippen MR) is 121 cm³/mol. The summed E-state index contributed by atoms with van der Waals surface area (Å²) in [6.45, 7) is 1.70. The molecule has 4 rings (SSSR count). The highest BCUT2D eigenvalue weighted by molar-refractivity contribution is 7.89. The van der Waals surface area contributed by atoms with E-state index in [4.69, 9.17) is 27.9 Å². The number of rotatable bonds is 5. The number of ether oxygens (including phenoxy) is 1. The Bertz CT molecular complexity index is 1180. The molecule has 1 aliphatic rings. The van der Waals surface area contributed by atoms with Crippen LogP contribution in [0.15, 0.2) is 59.8 Å². The normalized spacial score (nSPS) is 15.1. The minimum Gasteiger partial charge on any atom is -0.497 e. The molecule has 0 amide bonds. The average molecular weight is 479 g/mol. The lowest BCUT2D eigenvalue weighted by molar-refractivity contribution is 0.384. The summed E-state index contributed by atoms with van der Waals surface area (Å²) in [5.41, 5.74) is 1.74. The molecular weight excluding hydrogens is 459 g/mol. The molecule has 2 aromatic carbocycles. The van der Waals surface area contributed by atoms with E-state index >= 15 is 0 Å². The molecule has 1 fully saturated rings. The van der Waals surface area contributed by atoms with Gasteiger partial charge in [0.15, 0.2) is 0 Å². The summed E-state index contributed by atoms with van der Waals surface area (Å²) in [6, 6.07) is 13.9. The Morgan fingerprint density at radius 3 is 2.26 bits per heavy atom. The predicted octanol–water partition coefficient (Wildman–Crippen LogP) is 3.97. The van der Waals surface area contributed by atoms with Crippen molar-refractivity contribution >= 4 is 39.0 Å². The van der Waals surface area contributed by atoms with Gasteiger partial charge in [-0.2, -0.15) is 4.31 Å². The van der Waals surface area contributed by atoms with Crippen LogP contribution in [0.25, 0.3) is 11.3 Å². The first-order valence-electron chi connectivity index (χ1n) is 9.55. The summed E-state index contributed by atoms with van der Waals surface area (Å²) in [4.78, 5) is 10.9. The molecule has 3 aromatic rings. The van der Waals surface area contributed by atoms with Gasteiger partial charge in [0.25, 0.3) is 0 Å². The molecule has 1 aromatic heterocycles. The largest absolute Gasteiger partial charge is 0.497 e. The third-order valence-electron chi connectivity index (χ3n) is 5.13. The van der Waals surface area contributed by atoms with Crippen molar-refractivity contribution in [3.05, 3.63) is 64.9 Å². The van der Waals surface area contributed by atoms with E-state index < -0.39 is 10.0 Å². The van der Waals surface area contributed by atoms with Crippen molar-refractivity contribution in [1.29, 1.82) is 0 Å². The maximum absolute atomic E-state index is 13.0. The van der Waals surface area contributed by atoms with Gasteiger partial charge < -0.3 is 9.64 Å². The third-order valence-corrected chi connectivity index (χ3v) is 7.76. The zero-order chi connectivity index (χ0) is 22.0. The van der Waals surface area contributed by atoms with Gasteiger partial charge in [-0.3, -0.25) is 0 Å². The number of hydrogen-bond acceptors (Lipinski definition) is 6. The Labute approximate surface area is 191 Å². The van der Waals surface area contributed by atoms with Gasteiger partial charge in [-0.1, -0.05) is 23.2 Å². The van der Waals surface area contributed by atoms with Gasteiger partial charge in [0.2, 0.25) is 10.0 Å². The van der Waals surface area contributed by atoms with E-state index in [9.17, 15) is 8.42 Å². The van der Waals surface area contributed by atoms with E-state index in [1.165, 1.54) is 28.8 Å². The molecule has 0 N–H and O–H groups in total. The fraction of sp³-hybridized carbons (Fsp3) is 0.238. The number of sulfonamides is 1. The van der Waals surface area contributed by atoms with Gasteiger partial charge in [-0.05, 0) is 42.5 Å². The first-order chi connectivity index (χ1) is 14.9. The highest BCUT2D eigenvalue weighted by atomic mass is 35.5. The van der Waals surface area contributed by atoms with Crippen LogP contribution < -0.4 is 9.64 Å². The van der Waals surface area contributed by atoms with E-state index in [1.54, 1.807) is 7.11 Å². The summed E-state index contributed by atoms with van der Waals surface area (Å²) in [5.74, 6) is 1.53. The third kappa shape index (κ3) is 4.62. The van der Waals surface area contributed by atoms with Crippen LogP contribution >= 0.6 is 23.2 Å². The number of aromatic nitrogens is 2. The molecule has 0 radical (unpaired) electrons. The van der Waals surface area contributed by atoms with Crippen molar-refractivity contribution in [3.8, 4) is 17.0 Å². The first-order valence-corrected chi connectivity index (χ1v) is 11.7. The monoisotopic (exact) mass is 478 g/mol. The fourth-order valence-electron chi connectivity index (χ4n) is 3.38. The smallest absolute Gasteiger partial charge is 0.243 e. The molecule has 10 heteroatoms. The second-order valence-corrected chi connectivity index (χ2v) is 9.71. The first kappa shape index (κ1) is 21.8. The molecule has 1 saturated heterocycles. The van der Waals surface area contributed by atoms with Crippen molar-refractivity contribution < 1.29 is 13.2 Å². The van der Waals surface area contributed by atoms with Crippen LogP contribution in [0.4, 0.5) is 5.82 Å². The van der Waals surface area contributed by atoms with Crippen LogP contribution in [0, 0.1) is 0 Å². The number of hydrogen-bond donors (Lipinski definition) is 0. The number of methoxy groups -OCH3 is 1. The zero-order valence-corrected chi connectivity index (χ0v) is 19.0. The lowest BCUT2D eigenvalue weighted by atomic mass is 10.1. The van der Waals surface area contributed by atoms with Crippen molar-refractivity contribution in [2.24, 2.45) is 0 Å². The van der Waals surface area contributed by atoms with Crippen molar-refractivity contribution in [3.63, 3.8) is 0 Å². The number of anilines is 1. The number of nitrogens with zero attached hydrogens (tertiary/aromatic N) is 4. The number of benzene rings is 2. The zero-order valence-electron chi connectivity index (χ0n) is 16.7.